The van der Waals surface area contributed by atoms with Crippen LogP contribution < -0.4 is 0 Å². The fraction of sp³-hybridized carbons (Fsp3) is 0.0400. The number of aromatic nitrogens is 3. The highest BCUT2D eigenvalue weighted by atomic mass is 35.5. The first kappa shape index (κ1) is 20.4. The van der Waals surface area contributed by atoms with Crippen molar-refractivity contribution in [1.29, 1.82) is 0 Å². The third-order valence-corrected chi connectivity index (χ3v) is 6.74. The SMILES string of the molecule is CS(=O)(=O)c1cccc(-c2ccc(-n3ccnc3-c3nccc4ccccc34)c(Cl)c2)c1. The average molecular weight is 460 g/mol. The van der Waals surface area contributed by atoms with Gasteiger partial charge in [0, 0.05) is 30.2 Å². The van der Waals surface area contributed by atoms with Crippen molar-refractivity contribution in [3.63, 3.8) is 0 Å². The van der Waals surface area contributed by atoms with Gasteiger partial charge in [-0.3, -0.25) is 9.55 Å². The molecule has 3 aromatic carbocycles. The number of halogens is 1. The Labute approximate surface area is 190 Å². The Balaban J connectivity index is 1.60. The van der Waals surface area contributed by atoms with Crippen LogP contribution in [0.4, 0.5) is 0 Å². The number of sulfone groups is 1. The topological polar surface area (TPSA) is 64.8 Å². The number of hydrogen-bond acceptors (Lipinski definition) is 4. The number of hydrogen-bond donors (Lipinski definition) is 0. The maximum absolute atomic E-state index is 11.9. The van der Waals surface area contributed by atoms with Crippen LogP contribution in [-0.2, 0) is 9.84 Å². The van der Waals surface area contributed by atoms with Gasteiger partial charge in [0.15, 0.2) is 15.7 Å². The molecular weight excluding hydrogens is 442 g/mol. The molecule has 5 nitrogen and oxygen atoms in total. The fourth-order valence-corrected chi connectivity index (χ4v) is 4.70. The summed E-state index contributed by atoms with van der Waals surface area (Å²) in [4.78, 5) is 9.40. The number of fused-ring (bicyclic) bond motifs is 1. The molecule has 5 rings (SSSR count). The molecule has 0 fully saturated rings. The fourth-order valence-electron chi connectivity index (χ4n) is 3.76. The van der Waals surface area contributed by atoms with Crippen LogP contribution in [0, 0.1) is 0 Å². The molecule has 32 heavy (non-hydrogen) atoms. The van der Waals surface area contributed by atoms with E-state index in [9.17, 15) is 8.42 Å². The van der Waals surface area contributed by atoms with Crippen LogP contribution in [0.3, 0.4) is 0 Å². The third kappa shape index (κ3) is 3.68. The lowest BCUT2D eigenvalue weighted by Gasteiger charge is -2.13. The molecule has 0 aliphatic carbocycles. The highest BCUT2D eigenvalue weighted by molar-refractivity contribution is 7.90. The molecule has 7 heteroatoms. The highest BCUT2D eigenvalue weighted by Crippen LogP contribution is 2.32. The summed E-state index contributed by atoms with van der Waals surface area (Å²) < 4.78 is 25.7. The number of nitrogens with zero attached hydrogens (tertiary/aromatic N) is 3. The van der Waals surface area contributed by atoms with E-state index in [2.05, 4.69) is 9.97 Å². The predicted molar refractivity (Wildman–Crippen MR) is 128 cm³/mol. The first-order chi connectivity index (χ1) is 15.4. The normalized spacial score (nSPS) is 11.7. The van der Waals surface area contributed by atoms with Crippen molar-refractivity contribution in [2.24, 2.45) is 0 Å². The minimum atomic E-state index is -3.29. The van der Waals surface area contributed by atoms with Crippen LogP contribution in [0.15, 0.2) is 96.3 Å². The van der Waals surface area contributed by atoms with Crippen LogP contribution in [0.2, 0.25) is 5.02 Å². The smallest absolute Gasteiger partial charge is 0.175 e. The number of pyridine rings is 1. The summed E-state index contributed by atoms with van der Waals surface area (Å²) in [7, 11) is -3.29. The van der Waals surface area contributed by atoms with Crippen molar-refractivity contribution in [2.45, 2.75) is 4.90 Å². The van der Waals surface area contributed by atoms with Gasteiger partial charge in [0.2, 0.25) is 0 Å². The van der Waals surface area contributed by atoms with Gasteiger partial charge in [-0.05, 0) is 46.8 Å². The molecule has 0 saturated heterocycles. The van der Waals surface area contributed by atoms with E-state index < -0.39 is 9.84 Å². The summed E-state index contributed by atoms with van der Waals surface area (Å²) in [5.74, 6) is 0.690. The maximum Gasteiger partial charge on any atom is 0.175 e. The van der Waals surface area contributed by atoms with E-state index in [1.54, 1.807) is 30.6 Å². The number of rotatable bonds is 4. The Bertz CT molecular complexity index is 1570. The van der Waals surface area contributed by atoms with Crippen molar-refractivity contribution in [3.05, 3.63) is 96.4 Å². The molecule has 2 heterocycles. The molecule has 0 unspecified atom stereocenters. The predicted octanol–water partition coefficient (Wildman–Crippen LogP) is 5.81. The third-order valence-electron chi connectivity index (χ3n) is 5.33. The average Bonchev–Trinajstić information content (AvgIpc) is 3.27. The highest BCUT2D eigenvalue weighted by Gasteiger charge is 2.15. The first-order valence-electron chi connectivity index (χ1n) is 9.90. The van der Waals surface area contributed by atoms with E-state index in [-0.39, 0.29) is 4.90 Å². The molecular formula is C25H18ClN3O2S. The zero-order valence-electron chi connectivity index (χ0n) is 17.1. The summed E-state index contributed by atoms with van der Waals surface area (Å²) in [6, 6.07) is 22.5. The maximum atomic E-state index is 11.9. The summed E-state index contributed by atoms with van der Waals surface area (Å²) >= 11 is 6.69. The van der Waals surface area contributed by atoms with Gasteiger partial charge in [-0.2, -0.15) is 0 Å². The largest absolute Gasteiger partial charge is 0.297 e. The van der Waals surface area contributed by atoms with Gasteiger partial charge < -0.3 is 0 Å². The lowest BCUT2D eigenvalue weighted by molar-refractivity contribution is 0.602. The van der Waals surface area contributed by atoms with Crippen LogP contribution in [-0.4, -0.2) is 29.2 Å². The Morgan fingerprint density at radius 2 is 1.66 bits per heavy atom. The molecule has 0 spiro atoms. The lowest BCUT2D eigenvalue weighted by atomic mass is 10.1. The summed E-state index contributed by atoms with van der Waals surface area (Å²) in [5.41, 5.74) is 3.14. The van der Waals surface area contributed by atoms with Crippen molar-refractivity contribution in [2.75, 3.05) is 6.26 Å². The molecule has 0 amide bonds. The summed E-state index contributed by atoms with van der Waals surface area (Å²) in [6.45, 7) is 0. The first-order valence-corrected chi connectivity index (χ1v) is 12.2. The van der Waals surface area contributed by atoms with Gasteiger partial charge in [0.25, 0.3) is 0 Å². The summed E-state index contributed by atoms with van der Waals surface area (Å²) in [5, 5.41) is 2.61. The molecule has 0 atom stereocenters. The Morgan fingerprint density at radius 3 is 2.47 bits per heavy atom. The van der Waals surface area contributed by atoms with E-state index in [0.717, 1.165) is 33.3 Å². The molecule has 2 aromatic heterocycles. The molecule has 5 aromatic rings. The van der Waals surface area contributed by atoms with Gasteiger partial charge in [0.1, 0.15) is 5.69 Å². The summed E-state index contributed by atoms with van der Waals surface area (Å²) in [6.07, 6.45) is 6.54. The van der Waals surface area contributed by atoms with Crippen LogP contribution in [0.5, 0.6) is 0 Å². The second-order valence-electron chi connectivity index (χ2n) is 7.47. The Hall–Kier alpha value is -3.48. The van der Waals surface area contributed by atoms with E-state index in [1.807, 2.05) is 65.4 Å². The van der Waals surface area contributed by atoms with E-state index in [0.29, 0.717) is 10.8 Å². The van der Waals surface area contributed by atoms with Crippen LogP contribution in [0.25, 0.3) is 39.1 Å². The van der Waals surface area contributed by atoms with Crippen molar-refractivity contribution >= 4 is 32.2 Å². The van der Waals surface area contributed by atoms with Crippen LogP contribution in [0.1, 0.15) is 0 Å². The van der Waals surface area contributed by atoms with Gasteiger partial charge >= 0.3 is 0 Å². The molecule has 0 saturated carbocycles. The second-order valence-corrected chi connectivity index (χ2v) is 9.89. The molecule has 0 bridgehead atoms. The van der Waals surface area contributed by atoms with E-state index >= 15 is 0 Å². The molecule has 0 radical (unpaired) electrons. The zero-order valence-corrected chi connectivity index (χ0v) is 18.7. The zero-order chi connectivity index (χ0) is 22.3. The standard InChI is InChI=1S/C25H18ClN3O2S/c1-32(30,31)20-7-4-6-18(15-20)19-9-10-23(22(26)16-19)29-14-13-28-25(29)24-21-8-3-2-5-17(21)11-12-27-24/h2-16H,1H3. The van der Waals surface area contributed by atoms with Gasteiger partial charge in [0.05, 0.1) is 15.6 Å². The Kier molecular flexibility index (Phi) is 5.04. The van der Waals surface area contributed by atoms with Gasteiger partial charge in [-0.15, -0.1) is 0 Å². The second kappa shape index (κ2) is 7.89. The van der Waals surface area contributed by atoms with Crippen molar-refractivity contribution < 1.29 is 8.42 Å². The van der Waals surface area contributed by atoms with Crippen LogP contribution >= 0.6 is 11.6 Å². The number of imidazole rings is 1. The monoisotopic (exact) mass is 459 g/mol. The van der Waals surface area contributed by atoms with Crippen molar-refractivity contribution in [3.8, 4) is 28.3 Å². The van der Waals surface area contributed by atoms with Crippen molar-refractivity contribution in [1.82, 2.24) is 14.5 Å². The molecule has 0 N–H and O–H groups in total. The Morgan fingerprint density at radius 1 is 0.844 bits per heavy atom. The minimum absolute atomic E-state index is 0.272. The van der Waals surface area contributed by atoms with E-state index in [4.69, 9.17) is 11.6 Å². The number of benzene rings is 3. The van der Waals surface area contributed by atoms with Gasteiger partial charge in [-0.1, -0.05) is 54.1 Å². The van der Waals surface area contributed by atoms with Gasteiger partial charge in [-0.25, -0.2) is 13.4 Å². The van der Waals surface area contributed by atoms with E-state index in [1.165, 1.54) is 6.26 Å². The quantitative estimate of drug-likeness (QED) is 0.340. The molecule has 158 valence electrons. The molecule has 0 aliphatic rings. The lowest BCUT2D eigenvalue weighted by Crippen LogP contribution is -2.00. The minimum Gasteiger partial charge on any atom is -0.297 e. The molecule has 0 aliphatic heterocycles.